The topological polar surface area (TPSA) is 88.5 Å². The Kier molecular flexibility index (Phi) is 6.47. The van der Waals surface area contributed by atoms with Crippen LogP contribution in [0.2, 0.25) is 0 Å². The zero-order valence-electron chi connectivity index (χ0n) is 17.9. The highest BCUT2D eigenvalue weighted by molar-refractivity contribution is 7.89. The lowest BCUT2D eigenvalue weighted by atomic mass is 9.97. The number of pyridine rings is 1. The number of aryl methyl sites for hydroxylation is 4. The molecule has 162 valence electrons. The van der Waals surface area contributed by atoms with E-state index in [2.05, 4.69) is 4.72 Å². The lowest BCUT2D eigenvalue weighted by Gasteiger charge is -2.32. The van der Waals surface area contributed by atoms with E-state index in [1.54, 1.807) is 30.3 Å². The molecule has 1 aromatic heterocycles. The van der Waals surface area contributed by atoms with E-state index in [0.717, 1.165) is 16.7 Å². The molecule has 0 unspecified atom stereocenters. The summed E-state index contributed by atoms with van der Waals surface area (Å²) in [5, 5.41) is 0. The average molecular weight is 432 g/mol. The van der Waals surface area contributed by atoms with Gasteiger partial charge in [0.05, 0.1) is 4.90 Å². The molecule has 0 aliphatic carbocycles. The molecule has 1 aromatic carbocycles. The van der Waals surface area contributed by atoms with Crippen molar-refractivity contribution in [3.8, 4) is 0 Å². The molecule has 1 aliphatic rings. The fourth-order valence-electron chi connectivity index (χ4n) is 4.16. The standard InChI is InChI=1S/C22H29N3O4S/c1-15-12-16(2)20(17(3)13-15)30(28,29)23-14-18-7-10-25(11-8-18)22(27)19-6-5-9-24(4)21(19)26/h5-6,9,12-13,18,23H,7-8,10-11,14H2,1-4H3. The summed E-state index contributed by atoms with van der Waals surface area (Å²) in [5.74, 6) is -0.116. The van der Waals surface area contributed by atoms with Crippen molar-refractivity contribution >= 4 is 15.9 Å². The second-order valence-electron chi connectivity index (χ2n) is 8.15. The maximum absolute atomic E-state index is 12.8. The molecule has 0 radical (unpaired) electrons. The number of rotatable bonds is 5. The molecule has 3 rings (SSSR count). The molecule has 1 saturated heterocycles. The molecule has 8 heteroatoms. The number of benzene rings is 1. The van der Waals surface area contributed by atoms with Gasteiger partial charge in [0.15, 0.2) is 0 Å². The Morgan fingerprint density at radius 1 is 1.13 bits per heavy atom. The Hall–Kier alpha value is -2.45. The number of carbonyl (C=O) groups is 1. The van der Waals surface area contributed by atoms with Crippen LogP contribution in [-0.4, -0.2) is 43.4 Å². The van der Waals surface area contributed by atoms with Crippen molar-refractivity contribution in [2.75, 3.05) is 19.6 Å². The predicted octanol–water partition coefficient (Wildman–Crippen LogP) is 2.14. The number of hydrogen-bond donors (Lipinski definition) is 1. The molecule has 1 amide bonds. The summed E-state index contributed by atoms with van der Waals surface area (Å²) in [7, 11) is -1.98. The Morgan fingerprint density at radius 3 is 2.33 bits per heavy atom. The third-order valence-corrected chi connectivity index (χ3v) is 7.42. The summed E-state index contributed by atoms with van der Waals surface area (Å²) in [5.41, 5.74) is 2.38. The summed E-state index contributed by atoms with van der Waals surface area (Å²) in [6.45, 7) is 6.92. The predicted molar refractivity (Wildman–Crippen MR) is 116 cm³/mol. The van der Waals surface area contributed by atoms with Gasteiger partial charge in [0.25, 0.3) is 11.5 Å². The molecule has 2 heterocycles. The van der Waals surface area contributed by atoms with E-state index >= 15 is 0 Å². The monoisotopic (exact) mass is 431 g/mol. The fourth-order valence-corrected chi connectivity index (χ4v) is 5.73. The molecule has 1 fully saturated rings. The SMILES string of the molecule is Cc1cc(C)c(S(=O)(=O)NCC2CCN(C(=O)c3cccn(C)c3=O)CC2)c(C)c1. The smallest absolute Gasteiger partial charge is 0.263 e. The Bertz CT molecular complexity index is 1090. The maximum atomic E-state index is 12.8. The maximum Gasteiger partial charge on any atom is 0.263 e. The van der Waals surface area contributed by atoms with Gasteiger partial charge in [-0.2, -0.15) is 0 Å². The number of amides is 1. The summed E-state index contributed by atoms with van der Waals surface area (Å²) < 4.78 is 29.8. The van der Waals surface area contributed by atoms with Gasteiger partial charge in [-0.25, -0.2) is 13.1 Å². The Morgan fingerprint density at radius 2 is 1.73 bits per heavy atom. The van der Waals surface area contributed by atoms with Gasteiger partial charge in [0.1, 0.15) is 5.56 Å². The van der Waals surface area contributed by atoms with E-state index in [1.165, 1.54) is 4.57 Å². The number of piperidine rings is 1. The van der Waals surface area contributed by atoms with Gasteiger partial charge in [0, 0.05) is 32.9 Å². The highest BCUT2D eigenvalue weighted by Crippen LogP contribution is 2.23. The van der Waals surface area contributed by atoms with Gasteiger partial charge in [-0.15, -0.1) is 0 Å². The number of likely N-dealkylation sites (tertiary alicyclic amines) is 1. The van der Waals surface area contributed by atoms with Crippen LogP contribution in [0.4, 0.5) is 0 Å². The first kappa shape index (κ1) is 22.2. The van der Waals surface area contributed by atoms with Crippen LogP contribution in [0, 0.1) is 26.7 Å². The van der Waals surface area contributed by atoms with Crippen molar-refractivity contribution < 1.29 is 13.2 Å². The minimum atomic E-state index is -3.60. The first-order valence-corrected chi connectivity index (χ1v) is 11.6. The number of nitrogens with zero attached hydrogens (tertiary/aromatic N) is 2. The van der Waals surface area contributed by atoms with Gasteiger partial charge in [-0.3, -0.25) is 9.59 Å². The largest absolute Gasteiger partial charge is 0.338 e. The van der Waals surface area contributed by atoms with Crippen LogP contribution in [0.3, 0.4) is 0 Å². The first-order chi connectivity index (χ1) is 14.1. The number of carbonyl (C=O) groups excluding carboxylic acids is 1. The second kappa shape index (κ2) is 8.73. The Balaban J connectivity index is 1.61. The van der Waals surface area contributed by atoms with E-state index in [0.29, 0.717) is 37.4 Å². The van der Waals surface area contributed by atoms with E-state index in [-0.39, 0.29) is 22.9 Å². The van der Waals surface area contributed by atoms with E-state index in [1.807, 2.05) is 32.9 Å². The third-order valence-electron chi connectivity index (χ3n) is 5.69. The van der Waals surface area contributed by atoms with Crippen molar-refractivity contribution in [1.82, 2.24) is 14.2 Å². The van der Waals surface area contributed by atoms with Crippen molar-refractivity contribution in [3.63, 3.8) is 0 Å². The third kappa shape index (κ3) is 4.65. The van der Waals surface area contributed by atoms with Gasteiger partial charge in [-0.05, 0) is 62.8 Å². The quantitative estimate of drug-likeness (QED) is 0.786. The first-order valence-electron chi connectivity index (χ1n) is 10.1. The van der Waals surface area contributed by atoms with Gasteiger partial charge in [-0.1, -0.05) is 17.7 Å². The molecule has 7 nitrogen and oxygen atoms in total. The van der Waals surface area contributed by atoms with Crippen LogP contribution in [0.1, 0.15) is 39.9 Å². The lowest BCUT2D eigenvalue weighted by molar-refractivity contribution is 0.0689. The van der Waals surface area contributed by atoms with Crippen LogP contribution in [0.15, 0.2) is 40.2 Å². The van der Waals surface area contributed by atoms with Crippen LogP contribution in [0.5, 0.6) is 0 Å². The van der Waals surface area contributed by atoms with E-state index in [9.17, 15) is 18.0 Å². The molecule has 2 aromatic rings. The Labute approximate surface area is 177 Å². The summed E-state index contributed by atoms with van der Waals surface area (Å²) >= 11 is 0. The van der Waals surface area contributed by atoms with Gasteiger partial charge < -0.3 is 9.47 Å². The molecule has 0 atom stereocenters. The molecular weight excluding hydrogens is 402 g/mol. The summed E-state index contributed by atoms with van der Waals surface area (Å²) in [6.07, 6.45) is 3.00. The highest BCUT2D eigenvalue weighted by Gasteiger charge is 2.27. The summed E-state index contributed by atoms with van der Waals surface area (Å²) in [6, 6.07) is 6.99. The van der Waals surface area contributed by atoms with Gasteiger partial charge >= 0.3 is 0 Å². The van der Waals surface area contributed by atoms with Crippen molar-refractivity contribution in [2.24, 2.45) is 13.0 Å². The van der Waals surface area contributed by atoms with Crippen LogP contribution >= 0.6 is 0 Å². The molecular formula is C22H29N3O4S. The van der Waals surface area contributed by atoms with Crippen LogP contribution in [0.25, 0.3) is 0 Å². The molecule has 1 N–H and O–H groups in total. The molecule has 1 aliphatic heterocycles. The van der Waals surface area contributed by atoms with E-state index in [4.69, 9.17) is 0 Å². The molecule has 0 saturated carbocycles. The zero-order valence-corrected chi connectivity index (χ0v) is 18.8. The molecule has 0 spiro atoms. The zero-order chi connectivity index (χ0) is 22.1. The second-order valence-corrected chi connectivity index (χ2v) is 9.86. The molecule has 30 heavy (non-hydrogen) atoms. The average Bonchev–Trinajstić information content (AvgIpc) is 2.67. The fraction of sp³-hybridized carbons (Fsp3) is 0.455. The molecule has 0 bridgehead atoms. The summed E-state index contributed by atoms with van der Waals surface area (Å²) in [4.78, 5) is 26.9. The van der Waals surface area contributed by atoms with Crippen LogP contribution in [-0.2, 0) is 17.1 Å². The number of nitrogens with one attached hydrogen (secondary N) is 1. The van der Waals surface area contributed by atoms with Crippen molar-refractivity contribution in [1.29, 1.82) is 0 Å². The number of sulfonamides is 1. The number of aromatic nitrogens is 1. The highest BCUT2D eigenvalue weighted by atomic mass is 32.2. The normalized spacial score (nSPS) is 15.4. The van der Waals surface area contributed by atoms with E-state index < -0.39 is 10.0 Å². The van der Waals surface area contributed by atoms with Crippen LogP contribution < -0.4 is 10.3 Å². The van der Waals surface area contributed by atoms with Crippen molar-refractivity contribution in [3.05, 3.63) is 63.1 Å². The number of hydrogen-bond acceptors (Lipinski definition) is 4. The van der Waals surface area contributed by atoms with Gasteiger partial charge in [0.2, 0.25) is 10.0 Å². The minimum absolute atomic E-state index is 0.147. The minimum Gasteiger partial charge on any atom is -0.338 e. The lowest BCUT2D eigenvalue weighted by Crippen LogP contribution is -2.43. The van der Waals surface area contributed by atoms with Crippen molar-refractivity contribution in [2.45, 2.75) is 38.5 Å².